The molecule has 0 saturated carbocycles. The van der Waals surface area contributed by atoms with E-state index in [0.717, 1.165) is 11.1 Å². The Hall–Kier alpha value is -4.25. The fraction of sp³-hybridized carbons (Fsp3) is 0.469. The standard InChI is InChI=1S/C32H40N2O9/c1-22(30(38)34-19-11-17-26(34)32(40)41-2)33-29(37)28(36)25(31(39)43-21-24-14-7-4-8-15-24)16-9-10-18-27(35)42-20-23-12-5-3-6-13-23/h3-8,12-15,22,25-26,28,36H,9-11,16-21H2,1-2H3,(H,33,37)/t22-,25+,26-,28-/m0/s1. The number of hydrogen-bond donors (Lipinski definition) is 2. The van der Waals surface area contributed by atoms with Crippen molar-refractivity contribution in [3.63, 3.8) is 0 Å². The maximum atomic E-state index is 13.0. The third kappa shape index (κ3) is 10.2. The second-order valence-electron chi connectivity index (χ2n) is 10.5. The minimum absolute atomic E-state index is 0.0465. The smallest absolute Gasteiger partial charge is 0.328 e. The van der Waals surface area contributed by atoms with Crippen LogP contribution < -0.4 is 5.32 Å². The lowest BCUT2D eigenvalue weighted by molar-refractivity contribution is -0.159. The van der Waals surface area contributed by atoms with Crippen LogP contribution in [0.3, 0.4) is 0 Å². The molecule has 3 rings (SSSR count). The number of carbonyl (C=O) groups is 5. The average molecular weight is 597 g/mol. The van der Waals surface area contributed by atoms with Gasteiger partial charge in [-0.05, 0) is 43.7 Å². The van der Waals surface area contributed by atoms with E-state index in [1.165, 1.54) is 18.9 Å². The molecule has 0 spiro atoms. The van der Waals surface area contributed by atoms with E-state index >= 15 is 0 Å². The number of ether oxygens (including phenoxy) is 3. The molecule has 0 radical (unpaired) electrons. The lowest BCUT2D eigenvalue weighted by atomic mass is 9.94. The predicted octanol–water partition coefficient (Wildman–Crippen LogP) is 2.68. The first-order valence-electron chi connectivity index (χ1n) is 14.5. The summed E-state index contributed by atoms with van der Waals surface area (Å²) in [4.78, 5) is 64.7. The molecule has 1 heterocycles. The van der Waals surface area contributed by atoms with E-state index < -0.39 is 53.8 Å². The van der Waals surface area contributed by atoms with Gasteiger partial charge in [-0.3, -0.25) is 19.2 Å². The van der Waals surface area contributed by atoms with Crippen LogP contribution in [0, 0.1) is 5.92 Å². The van der Waals surface area contributed by atoms with Gasteiger partial charge in [-0.15, -0.1) is 0 Å². The van der Waals surface area contributed by atoms with E-state index in [2.05, 4.69) is 5.32 Å². The Balaban J connectivity index is 1.57. The molecule has 11 nitrogen and oxygen atoms in total. The molecule has 2 aromatic carbocycles. The molecular weight excluding hydrogens is 556 g/mol. The number of nitrogens with zero attached hydrogens (tertiary/aromatic N) is 1. The summed E-state index contributed by atoms with van der Waals surface area (Å²) in [5, 5.41) is 13.4. The molecule has 1 fully saturated rings. The topological polar surface area (TPSA) is 149 Å². The normalized spacial score (nSPS) is 16.4. The third-order valence-corrected chi connectivity index (χ3v) is 7.30. The molecule has 0 unspecified atom stereocenters. The maximum absolute atomic E-state index is 13.0. The molecule has 1 aliphatic heterocycles. The van der Waals surface area contributed by atoms with Crippen LogP contribution in [0.5, 0.6) is 0 Å². The molecule has 11 heteroatoms. The number of aliphatic hydroxyl groups is 1. The second-order valence-corrected chi connectivity index (χ2v) is 10.5. The lowest BCUT2D eigenvalue weighted by Crippen LogP contribution is -2.53. The van der Waals surface area contributed by atoms with Crippen LogP contribution in [0.15, 0.2) is 60.7 Å². The number of carbonyl (C=O) groups excluding carboxylic acids is 5. The van der Waals surface area contributed by atoms with Gasteiger partial charge in [0, 0.05) is 13.0 Å². The number of esters is 3. The van der Waals surface area contributed by atoms with Gasteiger partial charge in [0.05, 0.1) is 13.0 Å². The SMILES string of the molecule is COC(=O)[C@@H]1CCCN1C(=O)[C@H](C)NC(=O)[C@@H](O)[C@@H](CCCCC(=O)OCc1ccccc1)C(=O)OCc1ccccc1. The number of aliphatic hydroxyl groups excluding tert-OH is 1. The van der Waals surface area contributed by atoms with Gasteiger partial charge in [0.1, 0.15) is 31.4 Å². The molecule has 0 aromatic heterocycles. The van der Waals surface area contributed by atoms with Crippen molar-refractivity contribution in [1.29, 1.82) is 0 Å². The van der Waals surface area contributed by atoms with Gasteiger partial charge in [0.2, 0.25) is 11.8 Å². The Kier molecular flexibility index (Phi) is 13.2. The lowest BCUT2D eigenvalue weighted by Gasteiger charge is -2.27. The molecule has 0 bridgehead atoms. The number of nitrogens with one attached hydrogen (secondary N) is 1. The fourth-order valence-electron chi connectivity index (χ4n) is 4.89. The van der Waals surface area contributed by atoms with Gasteiger partial charge in [-0.25, -0.2) is 4.79 Å². The molecule has 232 valence electrons. The largest absolute Gasteiger partial charge is 0.467 e. The van der Waals surface area contributed by atoms with Crippen molar-refractivity contribution in [2.24, 2.45) is 5.92 Å². The highest BCUT2D eigenvalue weighted by Crippen LogP contribution is 2.21. The zero-order chi connectivity index (χ0) is 31.2. The van der Waals surface area contributed by atoms with Crippen molar-refractivity contribution in [2.75, 3.05) is 13.7 Å². The average Bonchev–Trinajstić information content (AvgIpc) is 3.52. The predicted molar refractivity (Wildman–Crippen MR) is 155 cm³/mol. The number of unbranched alkanes of at least 4 members (excludes halogenated alkanes) is 1. The van der Waals surface area contributed by atoms with Crippen LogP contribution in [0.25, 0.3) is 0 Å². The summed E-state index contributed by atoms with van der Waals surface area (Å²) in [6.45, 7) is 1.89. The molecule has 43 heavy (non-hydrogen) atoms. The third-order valence-electron chi connectivity index (χ3n) is 7.30. The fourth-order valence-corrected chi connectivity index (χ4v) is 4.89. The molecule has 0 aliphatic carbocycles. The van der Waals surface area contributed by atoms with Crippen LogP contribution in [-0.2, 0) is 51.4 Å². The van der Waals surface area contributed by atoms with Crippen molar-refractivity contribution < 1.29 is 43.3 Å². The molecule has 2 N–H and O–H groups in total. The zero-order valence-corrected chi connectivity index (χ0v) is 24.6. The Bertz CT molecular complexity index is 1220. The summed E-state index contributed by atoms with van der Waals surface area (Å²) in [5.41, 5.74) is 1.60. The minimum atomic E-state index is -1.81. The number of amides is 2. The van der Waals surface area contributed by atoms with Crippen LogP contribution in [0.4, 0.5) is 0 Å². The van der Waals surface area contributed by atoms with E-state index in [-0.39, 0.29) is 26.1 Å². The summed E-state index contributed by atoms with van der Waals surface area (Å²) in [5.74, 6) is -4.35. The van der Waals surface area contributed by atoms with E-state index in [9.17, 15) is 29.1 Å². The van der Waals surface area contributed by atoms with E-state index in [0.29, 0.717) is 32.2 Å². The summed E-state index contributed by atoms with van der Waals surface area (Å²) < 4.78 is 15.5. The number of likely N-dealkylation sites (tertiary alicyclic amines) is 1. The summed E-state index contributed by atoms with van der Waals surface area (Å²) in [6.07, 6.45) is 0.123. The summed E-state index contributed by atoms with van der Waals surface area (Å²) in [7, 11) is 1.25. The number of benzene rings is 2. The van der Waals surface area contributed by atoms with Gasteiger partial charge < -0.3 is 29.5 Å². The van der Waals surface area contributed by atoms with E-state index in [1.807, 2.05) is 36.4 Å². The first kappa shape index (κ1) is 33.3. The van der Waals surface area contributed by atoms with Gasteiger partial charge >= 0.3 is 17.9 Å². The first-order chi connectivity index (χ1) is 20.7. The van der Waals surface area contributed by atoms with Crippen molar-refractivity contribution in [3.05, 3.63) is 71.8 Å². The van der Waals surface area contributed by atoms with Gasteiger partial charge in [0.15, 0.2) is 0 Å². The Morgan fingerprint density at radius 1 is 0.930 bits per heavy atom. The Morgan fingerprint density at radius 2 is 1.53 bits per heavy atom. The highest BCUT2D eigenvalue weighted by Gasteiger charge is 2.39. The molecule has 4 atom stereocenters. The summed E-state index contributed by atoms with van der Waals surface area (Å²) in [6, 6.07) is 16.4. The van der Waals surface area contributed by atoms with Crippen LogP contribution >= 0.6 is 0 Å². The Morgan fingerprint density at radius 3 is 2.14 bits per heavy atom. The second kappa shape index (κ2) is 17.0. The van der Waals surface area contributed by atoms with Crippen LogP contribution in [0.2, 0.25) is 0 Å². The quantitative estimate of drug-likeness (QED) is 0.180. The highest BCUT2D eigenvalue weighted by atomic mass is 16.5. The number of rotatable bonds is 15. The van der Waals surface area contributed by atoms with E-state index in [4.69, 9.17) is 14.2 Å². The van der Waals surface area contributed by atoms with Crippen molar-refractivity contribution in [2.45, 2.75) is 76.9 Å². The van der Waals surface area contributed by atoms with E-state index in [1.54, 1.807) is 24.3 Å². The van der Waals surface area contributed by atoms with Crippen molar-refractivity contribution in [3.8, 4) is 0 Å². The van der Waals surface area contributed by atoms with Crippen LogP contribution in [-0.4, -0.2) is 71.6 Å². The molecule has 1 aliphatic rings. The van der Waals surface area contributed by atoms with Crippen molar-refractivity contribution >= 4 is 29.7 Å². The van der Waals surface area contributed by atoms with Crippen LogP contribution in [0.1, 0.15) is 56.6 Å². The molecular formula is C32H40N2O9. The minimum Gasteiger partial charge on any atom is -0.467 e. The molecule has 2 amide bonds. The zero-order valence-electron chi connectivity index (χ0n) is 24.6. The first-order valence-corrected chi connectivity index (χ1v) is 14.5. The summed E-state index contributed by atoms with van der Waals surface area (Å²) >= 11 is 0. The highest BCUT2D eigenvalue weighted by molar-refractivity contribution is 5.93. The number of methoxy groups -OCH3 is 1. The van der Waals surface area contributed by atoms with Gasteiger partial charge in [0.25, 0.3) is 0 Å². The van der Waals surface area contributed by atoms with Crippen molar-refractivity contribution in [1.82, 2.24) is 10.2 Å². The van der Waals surface area contributed by atoms with Gasteiger partial charge in [-0.1, -0.05) is 67.1 Å². The number of hydrogen-bond acceptors (Lipinski definition) is 9. The monoisotopic (exact) mass is 596 g/mol. The Labute approximate surface area is 251 Å². The molecule has 1 saturated heterocycles. The van der Waals surface area contributed by atoms with Gasteiger partial charge in [-0.2, -0.15) is 0 Å². The molecule has 2 aromatic rings. The maximum Gasteiger partial charge on any atom is 0.328 e.